The molecule has 0 saturated carbocycles. The van der Waals surface area contributed by atoms with Gasteiger partial charge in [-0.15, -0.1) is 11.8 Å². The Labute approximate surface area is 179 Å². The molecule has 1 aromatic rings. The van der Waals surface area contributed by atoms with Crippen molar-refractivity contribution in [1.82, 2.24) is 15.1 Å². The minimum absolute atomic E-state index is 0.139. The molecular weight excluding hydrogens is 384 g/mol. The maximum Gasteiger partial charge on any atom is 0.225 e. The van der Waals surface area contributed by atoms with Crippen LogP contribution in [-0.2, 0) is 9.53 Å². The minimum Gasteiger partial charge on any atom is -0.378 e. The lowest BCUT2D eigenvalue weighted by Gasteiger charge is -2.36. The number of aliphatic imine (C=N–C) groups is 1. The summed E-state index contributed by atoms with van der Waals surface area (Å²) in [5.74, 6) is 1.42. The number of rotatable bonds is 6. The number of hydrogen-bond donors (Lipinski definition) is 1. The van der Waals surface area contributed by atoms with E-state index < -0.39 is 0 Å². The average Bonchev–Trinajstić information content (AvgIpc) is 2.77. The number of nitrogens with zero attached hydrogens (tertiary/aromatic N) is 3. The third kappa shape index (κ3) is 6.64. The van der Waals surface area contributed by atoms with Gasteiger partial charge >= 0.3 is 0 Å². The average molecular weight is 419 g/mol. The van der Waals surface area contributed by atoms with Crippen LogP contribution in [0.3, 0.4) is 0 Å². The van der Waals surface area contributed by atoms with Crippen LogP contribution in [0.5, 0.6) is 0 Å². The number of carbonyl (C=O) groups is 1. The van der Waals surface area contributed by atoms with Crippen LogP contribution in [0.2, 0.25) is 0 Å². The van der Waals surface area contributed by atoms with Gasteiger partial charge in [0.05, 0.1) is 19.8 Å². The zero-order chi connectivity index (χ0) is 20.5. The van der Waals surface area contributed by atoms with Gasteiger partial charge in [-0.25, -0.2) is 0 Å². The quantitative estimate of drug-likeness (QED) is 0.437. The zero-order valence-corrected chi connectivity index (χ0v) is 18.5. The molecule has 1 amide bonds. The molecule has 2 aliphatic heterocycles. The predicted octanol–water partition coefficient (Wildman–Crippen LogP) is 2.70. The lowest BCUT2D eigenvalue weighted by Crippen LogP contribution is -2.50. The summed E-state index contributed by atoms with van der Waals surface area (Å²) in [7, 11) is 0. The van der Waals surface area contributed by atoms with Crippen molar-refractivity contribution < 1.29 is 9.53 Å². The van der Waals surface area contributed by atoms with Crippen molar-refractivity contribution in [1.29, 1.82) is 0 Å². The van der Waals surface area contributed by atoms with Crippen molar-refractivity contribution in [2.75, 3.05) is 52.5 Å². The Morgan fingerprint density at radius 3 is 2.52 bits per heavy atom. The summed E-state index contributed by atoms with van der Waals surface area (Å²) in [6, 6.07) is 10.5. The van der Waals surface area contributed by atoms with E-state index in [1.54, 1.807) is 0 Å². The summed E-state index contributed by atoms with van der Waals surface area (Å²) in [5, 5.41) is 3.84. The third-order valence-corrected chi connectivity index (χ3v) is 6.48. The van der Waals surface area contributed by atoms with Crippen LogP contribution < -0.4 is 5.32 Å². The number of morpholine rings is 1. The van der Waals surface area contributed by atoms with Crippen molar-refractivity contribution in [3.8, 4) is 0 Å². The topological polar surface area (TPSA) is 57.2 Å². The fourth-order valence-corrected chi connectivity index (χ4v) is 4.72. The van der Waals surface area contributed by atoms with Crippen molar-refractivity contribution in [2.45, 2.75) is 36.8 Å². The number of ether oxygens (including phenoxy) is 1. The molecule has 7 heteroatoms. The molecule has 2 aliphatic rings. The Hall–Kier alpha value is -1.73. The molecule has 1 aromatic carbocycles. The molecular formula is C22H34N4O2S. The molecule has 2 fully saturated rings. The van der Waals surface area contributed by atoms with Gasteiger partial charge in [-0.2, -0.15) is 0 Å². The summed E-state index contributed by atoms with van der Waals surface area (Å²) >= 11 is 1.86. The lowest BCUT2D eigenvalue weighted by molar-refractivity contribution is -0.140. The molecule has 1 N–H and O–H groups in total. The number of guanidine groups is 1. The van der Waals surface area contributed by atoms with Gasteiger partial charge in [0.2, 0.25) is 5.91 Å². The fraction of sp³-hybridized carbons (Fsp3) is 0.636. The molecule has 2 heterocycles. The van der Waals surface area contributed by atoms with Crippen LogP contribution >= 0.6 is 11.8 Å². The highest BCUT2D eigenvalue weighted by atomic mass is 32.2. The second kappa shape index (κ2) is 11.5. The van der Waals surface area contributed by atoms with Gasteiger partial charge in [0.15, 0.2) is 5.96 Å². The molecule has 6 nitrogen and oxygen atoms in total. The van der Waals surface area contributed by atoms with Crippen LogP contribution in [0.15, 0.2) is 40.2 Å². The van der Waals surface area contributed by atoms with E-state index >= 15 is 0 Å². The van der Waals surface area contributed by atoms with Gasteiger partial charge in [-0.3, -0.25) is 9.79 Å². The molecule has 160 valence electrons. The minimum atomic E-state index is 0.139. The van der Waals surface area contributed by atoms with Gasteiger partial charge in [0.1, 0.15) is 0 Å². The fourth-order valence-electron chi connectivity index (χ4n) is 3.79. The van der Waals surface area contributed by atoms with Gasteiger partial charge in [0.25, 0.3) is 0 Å². The molecule has 0 aromatic heterocycles. The number of nitrogens with one attached hydrogen (secondary N) is 1. The Morgan fingerprint density at radius 2 is 1.86 bits per heavy atom. The van der Waals surface area contributed by atoms with Gasteiger partial charge < -0.3 is 19.9 Å². The van der Waals surface area contributed by atoms with E-state index in [1.165, 1.54) is 4.90 Å². The molecule has 1 unspecified atom stereocenters. The standard InChI is InChI=1S/C22H34N4O2S/c1-3-23-22(24-17-18(2)29-20-7-5-4-6-8-20)26-11-9-19(10-12-26)21(27)25-13-15-28-16-14-25/h4-8,18-19H,3,9-17H2,1-2H3,(H,23,24). The van der Waals surface area contributed by atoms with Crippen molar-refractivity contribution in [3.05, 3.63) is 30.3 Å². The normalized spacial score (nSPS) is 19.9. The SMILES string of the molecule is CCNC(=NCC(C)Sc1ccccc1)N1CCC(C(=O)N2CCOCC2)CC1. The highest BCUT2D eigenvalue weighted by Crippen LogP contribution is 2.23. The monoisotopic (exact) mass is 418 g/mol. The molecule has 0 spiro atoms. The lowest BCUT2D eigenvalue weighted by atomic mass is 9.95. The smallest absolute Gasteiger partial charge is 0.225 e. The molecule has 0 bridgehead atoms. The van der Waals surface area contributed by atoms with E-state index in [9.17, 15) is 4.79 Å². The van der Waals surface area contributed by atoms with E-state index in [-0.39, 0.29) is 5.92 Å². The maximum atomic E-state index is 12.7. The second-order valence-corrected chi connectivity index (χ2v) is 9.15. The molecule has 3 rings (SSSR count). The van der Waals surface area contributed by atoms with Gasteiger partial charge in [0, 0.05) is 48.8 Å². The first-order valence-electron chi connectivity index (χ1n) is 10.8. The van der Waals surface area contributed by atoms with Crippen LogP contribution in [0.25, 0.3) is 0 Å². The number of likely N-dealkylation sites (tertiary alicyclic amines) is 1. The Bertz CT molecular complexity index is 656. The van der Waals surface area contributed by atoms with Gasteiger partial charge in [-0.05, 0) is 31.9 Å². The summed E-state index contributed by atoms with van der Waals surface area (Å²) in [6.07, 6.45) is 1.80. The molecule has 0 radical (unpaired) electrons. The Morgan fingerprint density at radius 1 is 1.17 bits per heavy atom. The number of thioether (sulfide) groups is 1. The third-order valence-electron chi connectivity index (χ3n) is 5.38. The maximum absolute atomic E-state index is 12.7. The second-order valence-electron chi connectivity index (χ2n) is 7.64. The van der Waals surface area contributed by atoms with Crippen LogP contribution in [-0.4, -0.2) is 79.4 Å². The molecule has 0 aliphatic carbocycles. The number of benzene rings is 1. The van der Waals surface area contributed by atoms with Gasteiger partial charge in [-0.1, -0.05) is 25.1 Å². The summed E-state index contributed by atoms with van der Waals surface area (Å²) < 4.78 is 5.37. The Balaban J connectivity index is 1.50. The first kappa shape index (κ1) is 22.0. The summed E-state index contributed by atoms with van der Waals surface area (Å²) in [6.45, 7) is 10.5. The predicted molar refractivity (Wildman–Crippen MR) is 119 cm³/mol. The largest absolute Gasteiger partial charge is 0.378 e. The van der Waals surface area contributed by atoms with E-state index in [1.807, 2.05) is 22.7 Å². The van der Waals surface area contributed by atoms with E-state index in [0.717, 1.165) is 58.1 Å². The highest BCUT2D eigenvalue weighted by molar-refractivity contribution is 8.00. The first-order chi connectivity index (χ1) is 14.2. The number of piperidine rings is 1. The summed E-state index contributed by atoms with van der Waals surface area (Å²) in [4.78, 5) is 23.2. The first-order valence-corrected chi connectivity index (χ1v) is 11.7. The van der Waals surface area contributed by atoms with E-state index in [2.05, 4.69) is 48.3 Å². The van der Waals surface area contributed by atoms with Crippen LogP contribution in [0.4, 0.5) is 0 Å². The van der Waals surface area contributed by atoms with Crippen LogP contribution in [0.1, 0.15) is 26.7 Å². The number of amides is 1. The molecule has 2 saturated heterocycles. The van der Waals surface area contributed by atoms with Crippen molar-refractivity contribution in [2.24, 2.45) is 10.9 Å². The Kier molecular flexibility index (Phi) is 8.68. The van der Waals surface area contributed by atoms with Crippen molar-refractivity contribution >= 4 is 23.6 Å². The van der Waals surface area contributed by atoms with Crippen molar-refractivity contribution in [3.63, 3.8) is 0 Å². The molecule has 1 atom stereocenters. The zero-order valence-electron chi connectivity index (χ0n) is 17.7. The van der Waals surface area contributed by atoms with E-state index in [4.69, 9.17) is 9.73 Å². The number of hydrogen-bond acceptors (Lipinski definition) is 4. The highest BCUT2D eigenvalue weighted by Gasteiger charge is 2.30. The summed E-state index contributed by atoms with van der Waals surface area (Å²) in [5.41, 5.74) is 0. The number of carbonyl (C=O) groups excluding carboxylic acids is 1. The van der Waals surface area contributed by atoms with E-state index in [0.29, 0.717) is 24.4 Å². The molecule has 29 heavy (non-hydrogen) atoms. The van der Waals surface area contributed by atoms with Crippen LogP contribution in [0, 0.1) is 5.92 Å².